The number of rotatable bonds is 0. The van der Waals surface area contributed by atoms with Crippen molar-refractivity contribution in [3.63, 3.8) is 0 Å². The van der Waals surface area contributed by atoms with E-state index in [0.717, 1.165) is 6.26 Å². The second-order valence-electron chi connectivity index (χ2n) is 2.54. The molecule has 3 rings (SSSR count). The summed E-state index contributed by atoms with van der Waals surface area (Å²) >= 11 is -1.86. The minimum Gasteiger partial charge on any atom is -0.773 e. The smallest absolute Gasteiger partial charge is 0.153 e. The Morgan fingerprint density at radius 1 is 1.54 bits per heavy atom. The van der Waals surface area contributed by atoms with Gasteiger partial charge in [0.05, 0.1) is 0 Å². The Balaban J connectivity index is 0.000000184. The van der Waals surface area contributed by atoms with Crippen molar-refractivity contribution >= 4 is 11.1 Å². The molecular formula is C8H7F2O2S-. The van der Waals surface area contributed by atoms with Crippen LogP contribution in [0.5, 0.6) is 0 Å². The summed E-state index contributed by atoms with van der Waals surface area (Å²) in [5.74, 6) is -0.433. The van der Waals surface area contributed by atoms with Crippen LogP contribution in [0.15, 0.2) is 18.2 Å². The molecule has 1 aromatic rings. The molecule has 0 saturated carbocycles. The van der Waals surface area contributed by atoms with Gasteiger partial charge in [-0.3, -0.25) is 4.21 Å². The van der Waals surface area contributed by atoms with Crippen molar-refractivity contribution in [2.75, 3.05) is 6.26 Å². The van der Waals surface area contributed by atoms with E-state index in [1.165, 1.54) is 18.2 Å². The first-order chi connectivity index (χ1) is 6.02. The van der Waals surface area contributed by atoms with Crippen molar-refractivity contribution in [3.05, 3.63) is 35.1 Å². The molecule has 0 heterocycles. The van der Waals surface area contributed by atoms with Crippen LogP contribution in [0.3, 0.4) is 0 Å². The number of benzene rings is 1. The summed E-state index contributed by atoms with van der Waals surface area (Å²) in [5.41, 5.74) is 0.791. The maximum atomic E-state index is 12.5. The molecule has 2 nitrogen and oxygen atoms in total. The molecule has 0 spiro atoms. The zero-order valence-corrected chi connectivity index (χ0v) is 7.61. The van der Waals surface area contributed by atoms with Gasteiger partial charge >= 0.3 is 0 Å². The predicted octanol–water partition coefficient (Wildman–Crippen LogP) is 1.69. The highest BCUT2D eigenvalue weighted by molar-refractivity contribution is 7.78. The molecular weight excluding hydrogens is 198 g/mol. The molecule has 2 unspecified atom stereocenters. The van der Waals surface area contributed by atoms with Crippen LogP contribution in [0, 0.1) is 5.82 Å². The largest absolute Gasteiger partial charge is 0.773 e. The second kappa shape index (κ2) is 3.93. The summed E-state index contributed by atoms with van der Waals surface area (Å²) in [6.45, 7) is 0. The van der Waals surface area contributed by atoms with Crippen molar-refractivity contribution in [1.29, 1.82) is 0 Å². The highest BCUT2D eigenvalue weighted by Crippen LogP contribution is 2.37. The number of alkyl halides is 1. The van der Waals surface area contributed by atoms with Gasteiger partial charge in [0, 0.05) is 5.56 Å². The molecule has 5 heteroatoms. The summed E-state index contributed by atoms with van der Waals surface area (Å²) in [6.07, 6.45) is -0.0602. The van der Waals surface area contributed by atoms with Gasteiger partial charge < -0.3 is 4.55 Å². The van der Waals surface area contributed by atoms with Gasteiger partial charge in [0.1, 0.15) is 5.82 Å². The Morgan fingerprint density at radius 2 is 2.08 bits per heavy atom. The third-order valence-electron chi connectivity index (χ3n) is 1.59. The monoisotopic (exact) mass is 205 g/mol. The molecule has 72 valence electrons. The number of hydrogen-bond donors (Lipinski definition) is 0. The minimum absolute atomic E-state index is 0.201. The van der Waals surface area contributed by atoms with E-state index in [9.17, 15) is 8.78 Å². The molecule has 0 N–H and O–H groups in total. The van der Waals surface area contributed by atoms with E-state index in [-0.39, 0.29) is 5.56 Å². The van der Waals surface area contributed by atoms with Gasteiger partial charge in [-0.2, -0.15) is 0 Å². The molecule has 2 aliphatic rings. The Hall–Kier alpha value is -0.810. The maximum absolute atomic E-state index is 12.5. The molecule has 0 saturated heterocycles. The van der Waals surface area contributed by atoms with Crippen LogP contribution in [0.25, 0.3) is 0 Å². The summed E-state index contributed by atoms with van der Waals surface area (Å²) in [6, 6.07) is 4.29. The van der Waals surface area contributed by atoms with E-state index >= 15 is 0 Å². The van der Waals surface area contributed by atoms with Gasteiger partial charge in [-0.25, -0.2) is 8.78 Å². The molecule has 0 aliphatic heterocycles. The SMILES string of the molecule is CS(=O)[O-].Fc1ccc2cc1C2F. The molecule has 13 heavy (non-hydrogen) atoms. The lowest BCUT2D eigenvalue weighted by Crippen LogP contribution is -2.08. The third-order valence-corrected chi connectivity index (χ3v) is 1.59. The standard InChI is InChI=1S/C7H4F2.CH4O2S/c8-6-2-1-4-3-5(6)7(4)9;1-4(2)3/h1-3,7H;1H3,(H,2,3)/p-1. The van der Waals surface area contributed by atoms with Crippen molar-refractivity contribution < 1.29 is 17.5 Å². The Kier molecular flexibility index (Phi) is 3.11. The number of hydrogen-bond acceptors (Lipinski definition) is 2. The van der Waals surface area contributed by atoms with Crippen LogP contribution in [0.4, 0.5) is 8.78 Å². The lowest BCUT2D eigenvalue weighted by atomic mass is 9.91. The third kappa shape index (κ3) is 2.32. The fraction of sp³-hybridized carbons (Fsp3) is 0.250. The second-order valence-corrected chi connectivity index (χ2v) is 3.35. The summed E-state index contributed by atoms with van der Waals surface area (Å²) < 4.78 is 42.8. The van der Waals surface area contributed by atoms with Gasteiger partial charge in [-0.1, -0.05) is 17.1 Å². The van der Waals surface area contributed by atoms with E-state index in [4.69, 9.17) is 8.76 Å². The highest BCUT2D eigenvalue weighted by Gasteiger charge is 2.26. The lowest BCUT2D eigenvalue weighted by molar-refractivity contribution is 0.363. The minimum atomic E-state index is -1.86. The number of fused-ring (bicyclic) bond motifs is 2. The molecule has 2 atom stereocenters. The number of halogens is 2. The van der Waals surface area contributed by atoms with Crippen LogP contribution in [0.2, 0.25) is 0 Å². The zero-order chi connectivity index (χ0) is 10.0. The average Bonchev–Trinajstić information content (AvgIpc) is 2.02. The Morgan fingerprint density at radius 3 is 2.31 bits per heavy atom. The molecule has 0 amide bonds. The molecule has 2 aliphatic carbocycles. The van der Waals surface area contributed by atoms with E-state index < -0.39 is 23.1 Å². The summed E-state index contributed by atoms with van der Waals surface area (Å²) in [5, 5.41) is 0. The average molecular weight is 205 g/mol. The highest BCUT2D eigenvalue weighted by atomic mass is 32.2. The van der Waals surface area contributed by atoms with E-state index in [0.29, 0.717) is 5.56 Å². The van der Waals surface area contributed by atoms with Gasteiger partial charge in [0.15, 0.2) is 6.17 Å². The first-order valence-corrected chi connectivity index (χ1v) is 4.95. The quantitative estimate of drug-likeness (QED) is 0.605. The van der Waals surface area contributed by atoms with E-state index in [2.05, 4.69) is 0 Å². The molecule has 2 bridgehead atoms. The van der Waals surface area contributed by atoms with Gasteiger partial charge in [0.25, 0.3) is 0 Å². The Bertz CT molecular complexity index is 333. The van der Waals surface area contributed by atoms with Crippen LogP contribution in [0.1, 0.15) is 17.3 Å². The van der Waals surface area contributed by atoms with Gasteiger partial charge in [0.2, 0.25) is 0 Å². The Labute approximate surface area is 76.9 Å². The zero-order valence-electron chi connectivity index (χ0n) is 6.79. The van der Waals surface area contributed by atoms with Crippen LogP contribution in [-0.4, -0.2) is 15.0 Å². The van der Waals surface area contributed by atoms with Crippen molar-refractivity contribution in [2.45, 2.75) is 6.17 Å². The van der Waals surface area contributed by atoms with E-state index in [1.807, 2.05) is 0 Å². The molecule has 0 fully saturated rings. The van der Waals surface area contributed by atoms with Crippen molar-refractivity contribution in [2.24, 2.45) is 0 Å². The first kappa shape index (κ1) is 10.3. The normalized spacial score (nSPS) is 19.5. The van der Waals surface area contributed by atoms with Gasteiger partial charge in [-0.05, 0) is 24.0 Å². The van der Waals surface area contributed by atoms with Crippen molar-refractivity contribution in [1.82, 2.24) is 0 Å². The summed E-state index contributed by atoms with van der Waals surface area (Å²) in [4.78, 5) is 0. The maximum Gasteiger partial charge on any atom is 0.153 e. The molecule has 1 aromatic carbocycles. The topological polar surface area (TPSA) is 40.1 Å². The van der Waals surface area contributed by atoms with Crippen LogP contribution < -0.4 is 0 Å². The molecule has 0 aromatic heterocycles. The van der Waals surface area contributed by atoms with Crippen LogP contribution >= 0.6 is 0 Å². The predicted molar refractivity (Wildman–Crippen MR) is 44.2 cm³/mol. The fourth-order valence-electron chi connectivity index (χ4n) is 0.997. The van der Waals surface area contributed by atoms with Gasteiger partial charge in [-0.15, -0.1) is 0 Å². The fourth-order valence-corrected chi connectivity index (χ4v) is 0.997. The lowest BCUT2D eigenvalue weighted by Gasteiger charge is -2.19. The summed E-state index contributed by atoms with van der Waals surface area (Å²) in [7, 11) is 0. The molecule has 0 radical (unpaired) electrons. The van der Waals surface area contributed by atoms with Crippen molar-refractivity contribution in [3.8, 4) is 0 Å². The first-order valence-electron chi connectivity index (χ1n) is 3.46. The van der Waals surface area contributed by atoms with E-state index in [1.54, 1.807) is 0 Å². The van der Waals surface area contributed by atoms with Crippen LogP contribution in [-0.2, 0) is 11.1 Å².